The molecule has 4 atom stereocenters. The first-order valence-corrected chi connectivity index (χ1v) is 14.2. The molecule has 1 unspecified atom stereocenters. The van der Waals surface area contributed by atoms with E-state index in [1.54, 1.807) is 22.7 Å². The van der Waals surface area contributed by atoms with Gasteiger partial charge in [0.05, 0.1) is 10.6 Å². The summed E-state index contributed by atoms with van der Waals surface area (Å²) in [6.45, 7) is 6.88. The Morgan fingerprint density at radius 3 is 2.73 bits per heavy atom. The number of hydrogen-bond donors (Lipinski definition) is 2. The Hall–Kier alpha value is -3.24. The van der Waals surface area contributed by atoms with Gasteiger partial charge in [-0.15, -0.1) is 11.3 Å². The van der Waals surface area contributed by atoms with E-state index in [9.17, 15) is 9.59 Å². The number of nitrogens with two attached hydrogens (primary N) is 2. The Morgan fingerprint density at radius 1 is 1.16 bits per heavy atom. The lowest BCUT2D eigenvalue weighted by Crippen LogP contribution is -2.40. The van der Waals surface area contributed by atoms with Crippen molar-refractivity contribution in [3.63, 3.8) is 0 Å². The molecule has 1 aromatic carbocycles. The minimum Gasteiger partial charge on any atom is -0.375 e. The van der Waals surface area contributed by atoms with Crippen molar-refractivity contribution < 1.29 is 9.59 Å². The Morgan fingerprint density at radius 2 is 1.97 bits per heavy atom. The monoisotopic (exact) mass is 534 g/mol. The Labute approximate surface area is 223 Å². The van der Waals surface area contributed by atoms with Gasteiger partial charge in [0.25, 0.3) is 11.8 Å². The van der Waals surface area contributed by atoms with E-state index in [0.29, 0.717) is 46.4 Å². The number of anilines is 1. The number of rotatable bonds is 5. The molecule has 1 saturated heterocycles. The number of fused-ring (bicyclic) bond motifs is 2. The van der Waals surface area contributed by atoms with Gasteiger partial charge in [-0.25, -0.2) is 9.97 Å². The van der Waals surface area contributed by atoms with Crippen molar-refractivity contribution in [3.05, 3.63) is 58.0 Å². The number of benzene rings is 1. The average molecular weight is 535 g/mol. The quantitative estimate of drug-likeness (QED) is 0.389. The van der Waals surface area contributed by atoms with Gasteiger partial charge in [-0.1, -0.05) is 48.1 Å². The maximum Gasteiger partial charge on any atom is 0.274 e. The topological polar surface area (TPSA) is 120 Å². The summed E-state index contributed by atoms with van der Waals surface area (Å²) in [6, 6.07) is 8.17. The highest BCUT2D eigenvalue weighted by Gasteiger charge is 2.48. The maximum absolute atomic E-state index is 14.1. The number of aromatic nitrogens is 3. The number of nitrogens with zero attached hydrogens (tertiary/aromatic N) is 4. The van der Waals surface area contributed by atoms with Gasteiger partial charge >= 0.3 is 0 Å². The zero-order valence-corrected chi connectivity index (χ0v) is 22.7. The van der Waals surface area contributed by atoms with Crippen LogP contribution in [0.3, 0.4) is 0 Å². The third-order valence-corrected chi connectivity index (χ3v) is 9.83. The van der Waals surface area contributed by atoms with Crippen LogP contribution < -0.4 is 11.5 Å². The standard InChI is InChI=1S/C27H30N6O2S2/c1-13-5-4-6-16(7-13)23-21(31-26(29)37-23)25(35)32-11-17-8-14(2)9-19(17)20(32)10-18-12-33-22(24(28)34)15(3)30-27(33)36-18/h4-7,12,14,17,19-20H,8-11H2,1-3H3,(H2,28,34)(H2,29,31)/t14?,17-,19-,20-/m0/s1. The second-order valence-corrected chi connectivity index (χ2v) is 12.7. The predicted molar refractivity (Wildman–Crippen MR) is 147 cm³/mol. The lowest BCUT2D eigenvalue weighted by atomic mass is 9.91. The Bertz CT molecular complexity index is 1530. The zero-order valence-electron chi connectivity index (χ0n) is 21.1. The molecule has 1 aliphatic carbocycles. The number of amides is 2. The number of likely N-dealkylation sites (tertiary alicyclic amines) is 1. The van der Waals surface area contributed by atoms with Crippen LogP contribution in [0.2, 0.25) is 0 Å². The van der Waals surface area contributed by atoms with Gasteiger partial charge in [0.2, 0.25) is 0 Å². The van der Waals surface area contributed by atoms with Crippen LogP contribution in [0.5, 0.6) is 0 Å². The van der Waals surface area contributed by atoms with Crippen LogP contribution in [0.4, 0.5) is 5.13 Å². The molecule has 0 radical (unpaired) electrons. The molecule has 2 fully saturated rings. The van der Waals surface area contributed by atoms with E-state index in [2.05, 4.69) is 23.0 Å². The van der Waals surface area contributed by atoms with Gasteiger partial charge in [0.15, 0.2) is 10.1 Å². The van der Waals surface area contributed by atoms with Gasteiger partial charge in [-0.05, 0) is 50.0 Å². The number of imidazole rings is 1. The smallest absolute Gasteiger partial charge is 0.274 e. The highest BCUT2D eigenvalue weighted by Crippen LogP contribution is 2.47. The third-order valence-electron chi connectivity index (χ3n) is 7.89. The number of thiazole rings is 2. The fourth-order valence-corrected chi connectivity index (χ4v) is 8.33. The van der Waals surface area contributed by atoms with Gasteiger partial charge in [-0.2, -0.15) is 0 Å². The first-order valence-electron chi connectivity index (χ1n) is 12.6. The van der Waals surface area contributed by atoms with E-state index in [-0.39, 0.29) is 11.9 Å². The minimum atomic E-state index is -0.485. The van der Waals surface area contributed by atoms with Crippen molar-refractivity contribution >= 4 is 44.6 Å². The summed E-state index contributed by atoms with van der Waals surface area (Å²) < 4.78 is 1.80. The molecule has 0 bridgehead atoms. The Balaban J connectivity index is 1.36. The summed E-state index contributed by atoms with van der Waals surface area (Å²) in [7, 11) is 0. The van der Waals surface area contributed by atoms with Crippen molar-refractivity contribution in [2.45, 2.75) is 46.1 Å². The molecular weight excluding hydrogens is 504 g/mol. The van der Waals surface area contributed by atoms with E-state index in [1.165, 1.54) is 11.3 Å². The second-order valence-electron chi connectivity index (χ2n) is 10.6. The molecule has 2 amide bonds. The van der Waals surface area contributed by atoms with E-state index >= 15 is 0 Å². The molecule has 4 aromatic rings. The molecule has 10 heteroatoms. The van der Waals surface area contributed by atoms with Crippen LogP contribution in [-0.4, -0.2) is 43.7 Å². The normalized spacial score (nSPS) is 23.2. The molecule has 192 valence electrons. The van der Waals surface area contributed by atoms with Gasteiger partial charge in [0, 0.05) is 30.1 Å². The molecule has 3 aromatic heterocycles. The lowest BCUT2D eigenvalue weighted by molar-refractivity contribution is 0.0705. The molecule has 6 rings (SSSR count). The van der Waals surface area contributed by atoms with Crippen molar-refractivity contribution in [1.29, 1.82) is 0 Å². The van der Waals surface area contributed by atoms with Crippen LogP contribution in [-0.2, 0) is 6.42 Å². The van der Waals surface area contributed by atoms with E-state index in [0.717, 1.165) is 45.2 Å². The van der Waals surface area contributed by atoms with Crippen molar-refractivity contribution in [2.75, 3.05) is 12.3 Å². The summed E-state index contributed by atoms with van der Waals surface area (Å²) in [4.78, 5) is 39.9. The SMILES string of the molecule is Cc1cccc(-c2sc(N)nc2C(=O)N2C[C@@H]3CC(C)C[C@@H]3[C@@H]2Cc2cn3c(C(N)=O)c(C)nc3s2)c1. The molecular formula is C27H30N6O2S2. The first-order chi connectivity index (χ1) is 17.7. The minimum absolute atomic E-state index is 0.0495. The number of aryl methyl sites for hydroxylation is 2. The summed E-state index contributed by atoms with van der Waals surface area (Å²) >= 11 is 2.93. The van der Waals surface area contributed by atoms with Crippen LogP contribution in [0.15, 0.2) is 30.5 Å². The Kier molecular flexibility index (Phi) is 5.83. The van der Waals surface area contributed by atoms with Crippen LogP contribution in [0.25, 0.3) is 15.4 Å². The number of primary amides is 1. The number of nitrogen functional groups attached to an aromatic ring is 1. The number of hydrogen-bond acceptors (Lipinski definition) is 7. The third kappa shape index (κ3) is 4.12. The molecule has 1 aliphatic heterocycles. The molecule has 8 nitrogen and oxygen atoms in total. The summed E-state index contributed by atoms with van der Waals surface area (Å²) in [5, 5.41) is 0.401. The fraction of sp³-hybridized carbons (Fsp3) is 0.407. The summed E-state index contributed by atoms with van der Waals surface area (Å²) in [5.74, 6) is 1.03. The van der Waals surface area contributed by atoms with Gasteiger partial charge in [0.1, 0.15) is 11.4 Å². The predicted octanol–water partition coefficient (Wildman–Crippen LogP) is 4.55. The second kappa shape index (κ2) is 8.95. The average Bonchev–Trinajstić information content (AvgIpc) is 3.61. The van der Waals surface area contributed by atoms with E-state index in [4.69, 9.17) is 11.5 Å². The number of carbonyl (C=O) groups excluding carboxylic acids is 2. The highest BCUT2D eigenvalue weighted by atomic mass is 32.1. The first kappa shape index (κ1) is 24.1. The van der Waals surface area contributed by atoms with E-state index in [1.807, 2.05) is 36.2 Å². The fourth-order valence-electron chi connectivity index (χ4n) is 6.44. The van der Waals surface area contributed by atoms with Gasteiger partial charge < -0.3 is 16.4 Å². The molecule has 37 heavy (non-hydrogen) atoms. The summed E-state index contributed by atoms with van der Waals surface area (Å²) in [6.07, 6.45) is 4.92. The van der Waals surface area contributed by atoms with Crippen molar-refractivity contribution in [2.24, 2.45) is 23.5 Å². The van der Waals surface area contributed by atoms with Crippen molar-refractivity contribution in [3.8, 4) is 10.4 Å². The largest absolute Gasteiger partial charge is 0.375 e. The molecule has 2 aliphatic rings. The van der Waals surface area contributed by atoms with Crippen molar-refractivity contribution in [1.82, 2.24) is 19.3 Å². The van der Waals surface area contributed by atoms with E-state index < -0.39 is 5.91 Å². The highest BCUT2D eigenvalue weighted by molar-refractivity contribution is 7.19. The van der Waals surface area contributed by atoms with Crippen LogP contribution in [0, 0.1) is 31.6 Å². The lowest BCUT2D eigenvalue weighted by Gasteiger charge is -2.28. The molecule has 4 N–H and O–H groups in total. The number of carbonyl (C=O) groups is 2. The van der Waals surface area contributed by atoms with Crippen LogP contribution >= 0.6 is 22.7 Å². The van der Waals surface area contributed by atoms with Crippen LogP contribution in [0.1, 0.15) is 56.9 Å². The van der Waals surface area contributed by atoms with Gasteiger partial charge in [-0.3, -0.25) is 14.0 Å². The zero-order chi connectivity index (χ0) is 26.0. The molecule has 0 spiro atoms. The molecule has 1 saturated carbocycles. The molecule has 4 heterocycles. The summed E-state index contributed by atoms with van der Waals surface area (Å²) in [5.41, 5.74) is 15.3. The maximum atomic E-state index is 14.1.